The number of carbonyl (C=O) groups excluding carboxylic acids is 1. The lowest BCUT2D eigenvalue weighted by atomic mass is 10.0. The van der Waals surface area contributed by atoms with Gasteiger partial charge >= 0.3 is 12.4 Å². The second-order valence-corrected chi connectivity index (χ2v) is 9.78. The zero-order valence-electron chi connectivity index (χ0n) is 19.0. The number of anilines is 1. The number of hydrogen-bond acceptors (Lipinski definition) is 5. The first-order chi connectivity index (χ1) is 17.0. The molecule has 37 heavy (non-hydrogen) atoms. The van der Waals surface area contributed by atoms with Gasteiger partial charge in [-0.25, -0.2) is 12.8 Å². The average molecular weight is 550 g/mol. The molecular weight excluding hydrogens is 533 g/mol. The van der Waals surface area contributed by atoms with Crippen molar-refractivity contribution in [2.45, 2.75) is 17.2 Å². The molecule has 0 aliphatic carbocycles. The molecule has 0 radical (unpaired) electrons. The van der Waals surface area contributed by atoms with Crippen LogP contribution in [-0.4, -0.2) is 45.4 Å². The van der Waals surface area contributed by atoms with E-state index in [2.05, 4.69) is 4.98 Å². The van der Waals surface area contributed by atoms with E-state index in [1.807, 2.05) is 0 Å². The molecule has 0 saturated heterocycles. The maximum Gasteiger partial charge on any atom is 0.416 e. The minimum absolute atomic E-state index is 0.0575. The summed E-state index contributed by atoms with van der Waals surface area (Å²) < 4.78 is 124. The Morgan fingerprint density at radius 3 is 2.24 bits per heavy atom. The maximum atomic E-state index is 13.7. The first kappa shape index (κ1) is 27.9. The third kappa shape index (κ3) is 6.56. The molecule has 3 aromatic rings. The summed E-state index contributed by atoms with van der Waals surface area (Å²) in [6.07, 6.45) is -7.51. The predicted octanol–water partition coefficient (Wildman–Crippen LogP) is 5.53. The van der Waals surface area contributed by atoms with Crippen molar-refractivity contribution in [3.05, 3.63) is 71.8 Å². The lowest BCUT2D eigenvalue weighted by Crippen LogP contribution is -2.39. The summed E-state index contributed by atoms with van der Waals surface area (Å²) >= 11 is 0. The molecule has 198 valence electrons. The highest BCUT2D eigenvalue weighted by Crippen LogP contribution is 2.39. The van der Waals surface area contributed by atoms with E-state index in [9.17, 15) is 43.9 Å². The summed E-state index contributed by atoms with van der Waals surface area (Å²) in [6, 6.07) is 5.41. The third-order valence-corrected chi connectivity index (χ3v) is 6.13. The summed E-state index contributed by atoms with van der Waals surface area (Å²) in [4.78, 5) is 16.3. The molecule has 0 spiro atoms. The molecule has 1 amide bonds. The zero-order chi connectivity index (χ0) is 27.8. The van der Waals surface area contributed by atoms with E-state index in [0.717, 1.165) is 18.3 Å². The molecule has 1 aromatic heterocycles. The number of hydrogen-bond donors (Lipinski definition) is 0. The third-order valence-electron chi connectivity index (χ3n) is 5.04. The summed E-state index contributed by atoms with van der Waals surface area (Å²) in [7, 11) is -3.11. The fourth-order valence-electron chi connectivity index (χ4n) is 3.42. The number of carbonyl (C=O) groups is 1. The number of benzene rings is 2. The first-order valence-electron chi connectivity index (χ1n) is 10.1. The van der Waals surface area contributed by atoms with Gasteiger partial charge in [0.1, 0.15) is 18.1 Å². The zero-order valence-corrected chi connectivity index (χ0v) is 19.8. The molecule has 0 N–H and O–H groups in total. The number of ether oxygens (including phenoxy) is 1. The molecule has 0 saturated carbocycles. The molecule has 0 unspecified atom stereocenters. The maximum absolute atomic E-state index is 13.7. The summed E-state index contributed by atoms with van der Waals surface area (Å²) in [5, 5.41) is 0. The van der Waals surface area contributed by atoms with Crippen molar-refractivity contribution in [3.63, 3.8) is 0 Å². The van der Waals surface area contributed by atoms with Crippen LogP contribution in [0.4, 0.5) is 36.4 Å². The molecular formula is C23H17F7N2O4S. The molecule has 0 aliphatic heterocycles. The van der Waals surface area contributed by atoms with Gasteiger partial charge in [-0.3, -0.25) is 14.7 Å². The monoisotopic (exact) mass is 550 g/mol. The minimum Gasteiger partial charge on any atom is -0.496 e. The number of methoxy groups -OCH3 is 1. The van der Waals surface area contributed by atoms with Crippen LogP contribution in [0, 0.1) is 5.82 Å². The van der Waals surface area contributed by atoms with Gasteiger partial charge in [-0.15, -0.1) is 0 Å². The van der Waals surface area contributed by atoms with Crippen molar-refractivity contribution >= 4 is 21.4 Å². The highest BCUT2D eigenvalue weighted by Gasteiger charge is 2.38. The lowest BCUT2D eigenvalue weighted by Gasteiger charge is -2.27. The van der Waals surface area contributed by atoms with Crippen LogP contribution in [0.2, 0.25) is 0 Å². The largest absolute Gasteiger partial charge is 0.496 e. The van der Waals surface area contributed by atoms with Crippen molar-refractivity contribution in [2.75, 3.05) is 24.8 Å². The Morgan fingerprint density at radius 2 is 1.68 bits per heavy atom. The van der Waals surface area contributed by atoms with Crippen molar-refractivity contribution < 1.29 is 48.7 Å². The van der Waals surface area contributed by atoms with Gasteiger partial charge in [-0.2, -0.15) is 26.3 Å². The van der Waals surface area contributed by atoms with Gasteiger partial charge in [0.15, 0.2) is 9.84 Å². The van der Waals surface area contributed by atoms with Crippen molar-refractivity contribution in [3.8, 4) is 16.9 Å². The van der Waals surface area contributed by atoms with E-state index in [4.69, 9.17) is 4.74 Å². The highest BCUT2D eigenvalue weighted by molar-refractivity contribution is 7.90. The SMILES string of the molecule is COc1cc(F)ccc1-c1ccncc1N(CC(F)(F)F)C(=O)c1cc(C(F)(F)F)cc(S(C)(=O)=O)c1. The minimum atomic E-state index is -5.11. The number of aromatic nitrogens is 1. The van der Waals surface area contributed by atoms with Gasteiger partial charge in [0.2, 0.25) is 0 Å². The summed E-state index contributed by atoms with van der Waals surface area (Å²) in [5.74, 6) is -2.41. The number of rotatable bonds is 6. The molecule has 3 rings (SSSR count). The van der Waals surface area contributed by atoms with Crippen LogP contribution in [0.5, 0.6) is 5.75 Å². The Labute approximate surface area is 206 Å². The van der Waals surface area contributed by atoms with E-state index >= 15 is 0 Å². The predicted molar refractivity (Wildman–Crippen MR) is 118 cm³/mol. The highest BCUT2D eigenvalue weighted by atomic mass is 32.2. The second kappa shape index (κ2) is 10.00. The molecule has 0 atom stereocenters. The van der Waals surface area contributed by atoms with Crippen LogP contribution in [0.3, 0.4) is 0 Å². The van der Waals surface area contributed by atoms with Gasteiger partial charge < -0.3 is 4.74 Å². The van der Waals surface area contributed by atoms with E-state index < -0.39 is 62.2 Å². The topological polar surface area (TPSA) is 76.6 Å². The quantitative estimate of drug-likeness (QED) is 0.378. The number of pyridine rings is 1. The normalized spacial score (nSPS) is 12.4. The van der Waals surface area contributed by atoms with Crippen LogP contribution in [0.1, 0.15) is 15.9 Å². The molecule has 14 heteroatoms. The second-order valence-electron chi connectivity index (χ2n) is 7.76. The first-order valence-corrected chi connectivity index (χ1v) is 12.0. The number of alkyl halides is 6. The van der Waals surface area contributed by atoms with E-state index in [1.54, 1.807) is 0 Å². The van der Waals surface area contributed by atoms with Crippen molar-refractivity contribution in [2.24, 2.45) is 0 Å². The summed E-state index contributed by atoms with van der Waals surface area (Å²) in [5.41, 5.74) is -3.02. The number of nitrogens with zero attached hydrogens (tertiary/aromatic N) is 2. The Kier molecular flexibility index (Phi) is 7.54. The van der Waals surface area contributed by atoms with Crippen molar-refractivity contribution in [1.29, 1.82) is 0 Å². The van der Waals surface area contributed by atoms with Crippen LogP contribution >= 0.6 is 0 Å². The van der Waals surface area contributed by atoms with Crippen LogP contribution in [-0.2, 0) is 16.0 Å². The Bertz CT molecular complexity index is 1440. The van der Waals surface area contributed by atoms with Gasteiger partial charge in [0, 0.05) is 35.2 Å². The van der Waals surface area contributed by atoms with E-state index in [-0.39, 0.29) is 33.9 Å². The van der Waals surface area contributed by atoms with Gasteiger partial charge in [-0.05, 0) is 36.4 Å². The van der Waals surface area contributed by atoms with E-state index in [1.165, 1.54) is 25.4 Å². The fourth-order valence-corrected chi connectivity index (χ4v) is 4.10. The van der Waals surface area contributed by atoms with E-state index in [0.29, 0.717) is 12.3 Å². The number of halogens is 7. The number of sulfone groups is 1. The summed E-state index contributed by atoms with van der Waals surface area (Å²) in [6.45, 7) is -1.96. The van der Waals surface area contributed by atoms with Gasteiger partial charge in [0.25, 0.3) is 5.91 Å². The van der Waals surface area contributed by atoms with Crippen LogP contribution < -0.4 is 9.64 Å². The average Bonchev–Trinajstić information content (AvgIpc) is 2.80. The lowest BCUT2D eigenvalue weighted by molar-refractivity contribution is -0.137. The molecule has 0 bridgehead atoms. The van der Waals surface area contributed by atoms with Crippen molar-refractivity contribution in [1.82, 2.24) is 4.98 Å². The molecule has 6 nitrogen and oxygen atoms in total. The number of amides is 1. The molecule has 0 fully saturated rings. The fraction of sp³-hybridized carbons (Fsp3) is 0.217. The van der Waals surface area contributed by atoms with Crippen LogP contribution in [0.15, 0.2) is 59.8 Å². The standard InChI is InChI=1S/C23H17F7N2O4S/c1-36-20-10-15(24)3-4-18(20)17-5-6-31-11-19(17)32(12-22(25,26)27)21(33)13-7-14(23(28,29)30)9-16(8-13)37(2,34)35/h3-11H,12H2,1-2H3. The van der Waals surface area contributed by atoms with Gasteiger partial charge in [-0.1, -0.05) is 0 Å². The molecule has 1 heterocycles. The Morgan fingerprint density at radius 1 is 1.00 bits per heavy atom. The Hall–Kier alpha value is -3.68. The van der Waals surface area contributed by atoms with Crippen LogP contribution in [0.25, 0.3) is 11.1 Å². The molecule has 0 aliphatic rings. The smallest absolute Gasteiger partial charge is 0.416 e. The Balaban J connectivity index is 2.27. The molecule has 2 aromatic carbocycles. The van der Waals surface area contributed by atoms with Gasteiger partial charge in [0.05, 0.1) is 29.5 Å².